The maximum atomic E-state index is 11.5. The van der Waals surface area contributed by atoms with Crippen LogP contribution in [-0.4, -0.2) is 20.5 Å². The van der Waals surface area contributed by atoms with E-state index in [-0.39, 0.29) is 44.8 Å². The van der Waals surface area contributed by atoms with Crippen LogP contribution in [0.1, 0.15) is 29.5 Å². The van der Waals surface area contributed by atoms with Crippen molar-refractivity contribution in [1.29, 1.82) is 0 Å². The molecule has 0 saturated heterocycles. The van der Waals surface area contributed by atoms with Gasteiger partial charge in [-0.25, -0.2) is 0 Å². The Kier molecular flexibility index (Phi) is 6.14. The van der Waals surface area contributed by atoms with Gasteiger partial charge in [0.2, 0.25) is 0 Å². The van der Waals surface area contributed by atoms with Crippen molar-refractivity contribution in [3.63, 3.8) is 0 Å². The lowest BCUT2D eigenvalue weighted by molar-refractivity contribution is -0.387. The zero-order valence-corrected chi connectivity index (χ0v) is 20.0. The normalized spacial score (nSPS) is 25.2. The summed E-state index contributed by atoms with van der Waals surface area (Å²) in [5.41, 5.74) is 2.80. The molecule has 10 heteroatoms. The molecule has 0 aromatic heterocycles. The highest BCUT2D eigenvalue weighted by molar-refractivity contribution is 8.00. The molecule has 2 aliphatic rings. The number of anilines is 1. The molecule has 1 saturated carbocycles. The fraction of sp³-hybridized carbons (Fsp3) is 0.250. The predicted octanol–water partition coefficient (Wildman–Crippen LogP) is 7.20. The number of benzene rings is 3. The summed E-state index contributed by atoms with van der Waals surface area (Å²) in [7, 11) is 0. The standard InChI is InChI=1S/C24H19Cl2N3O4S/c25-14-8-9-18-16(11-14)22-17(24(27-18)13-4-3-5-15(10-13)28(30)31)12-21(23(22)26)34-20-7-2-1-6-19(20)29(32)33/h1-11,17,21-24,27H,12H2/t17-,21+,22+,23-,24+/m1/s1. The third-order valence-corrected chi connectivity index (χ3v) is 8.90. The Hall–Kier alpha value is -2.81. The summed E-state index contributed by atoms with van der Waals surface area (Å²) in [6, 6.07) is 18.7. The summed E-state index contributed by atoms with van der Waals surface area (Å²) < 4.78 is 0. The Balaban J connectivity index is 1.55. The first-order chi connectivity index (χ1) is 16.3. The molecule has 0 unspecified atom stereocenters. The van der Waals surface area contributed by atoms with E-state index in [1.807, 2.05) is 18.2 Å². The van der Waals surface area contributed by atoms with E-state index in [0.717, 1.165) is 16.8 Å². The maximum absolute atomic E-state index is 11.5. The van der Waals surface area contributed by atoms with Gasteiger partial charge in [-0.3, -0.25) is 20.2 Å². The van der Waals surface area contributed by atoms with Crippen LogP contribution in [0.15, 0.2) is 71.6 Å². The quantitative estimate of drug-likeness (QED) is 0.219. The number of fused-ring (bicyclic) bond motifs is 3. The number of hydrogen-bond donors (Lipinski definition) is 1. The number of rotatable bonds is 5. The second-order valence-corrected chi connectivity index (χ2v) is 10.7. The van der Waals surface area contributed by atoms with Gasteiger partial charge in [-0.1, -0.05) is 35.9 Å². The van der Waals surface area contributed by atoms with Gasteiger partial charge in [-0.05, 0) is 47.7 Å². The Morgan fingerprint density at radius 1 is 0.971 bits per heavy atom. The molecule has 0 radical (unpaired) electrons. The Labute approximate surface area is 209 Å². The summed E-state index contributed by atoms with van der Waals surface area (Å²) in [5.74, 6) is -0.0445. The van der Waals surface area contributed by atoms with Crippen molar-refractivity contribution in [1.82, 2.24) is 0 Å². The van der Waals surface area contributed by atoms with Crippen LogP contribution >= 0.6 is 35.0 Å². The average molecular weight is 516 g/mol. The molecule has 0 amide bonds. The second-order valence-electron chi connectivity index (χ2n) is 8.46. The van der Waals surface area contributed by atoms with E-state index in [4.69, 9.17) is 23.2 Å². The van der Waals surface area contributed by atoms with E-state index < -0.39 is 4.92 Å². The summed E-state index contributed by atoms with van der Waals surface area (Å²) in [5, 5.41) is 26.7. The van der Waals surface area contributed by atoms with E-state index in [0.29, 0.717) is 16.3 Å². The highest BCUT2D eigenvalue weighted by Crippen LogP contribution is 2.58. The monoisotopic (exact) mass is 515 g/mol. The van der Waals surface area contributed by atoms with E-state index in [1.54, 1.807) is 36.4 Å². The van der Waals surface area contributed by atoms with Gasteiger partial charge < -0.3 is 5.32 Å². The van der Waals surface area contributed by atoms with Crippen LogP contribution in [0.25, 0.3) is 0 Å². The molecule has 7 nitrogen and oxygen atoms in total. The van der Waals surface area contributed by atoms with Gasteiger partial charge in [0.1, 0.15) is 0 Å². The van der Waals surface area contributed by atoms with E-state index in [2.05, 4.69) is 5.32 Å². The molecular weight excluding hydrogens is 497 g/mol. The lowest BCUT2D eigenvalue weighted by Crippen LogP contribution is -2.31. The van der Waals surface area contributed by atoms with Crippen LogP contribution in [0, 0.1) is 26.1 Å². The van der Waals surface area contributed by atoms with Crippen molar-refractivity contribution in [3.05, 3.63) is 103 Å². The fourth-order valence-electron chi connectivity index (χ4n) is 5.12. The van der Waals surface area contributed by atoms with E-state index in [1.165, 1.54) is 23.9 Å². The van der Waals surface area contributed by atoms with Crippen LogP contribution in [0.4, 0.5) is 17.1 Å². The summed E-state index contributed by atoms with van der Waals surface area (Å²) in [4.78, 5) is 22.7. The van der Waals surface area contributed by atoms with Crippen molar-refractivity contribution in [2.45, 2.75) is 33.9 Å². The molecule has 3 aromatic rings. The van der Waals surface area contributed by atoms with Crippen molar-refractivity contribution >= 4 is 52.0 Å². The van der Waals surface area contributed by atoms with E-state index >= 15 is 0 Å². The molecule has 1 N–H and O–H groups in total. The third-order valence-electron chi connectivity index (χ3n) is 6.56. The number of non-ortho nitro benzene ring substituents is 1. The van der Waals surface area contributed by atoms with Gasteiger partial charge in [-0.15, -0.1) is 23.4 Å². The highest BCUT2D eigenvalue weighted by atomic mass is 35.5. The van der Waals surface area contributed by atoms with Crippen LogP contribution < -0.4 is 5.32 Å². The number of thioether (sulfide) groups is 1. The molecule has 0 bridgehead atoms. The molecule has 5 rings (SSSR count). The van der Waals surface area contributed by atoms with Gasteiger partial charge >= 0.3 is 0 Å². The lowest BCUT2D eigenvalue weighted by atomic mass is 9.77. The maximum Gasteiger partial charge on any atom is 0.282 e. The minimum atomic E-state index is -0.399. The van der Waals surface area contributed by atoms with Crippen LogP contribution in [0.2, 0.25) is 5.02 Å². The molecule has 1 fully saturated rings. The topological polar surface area (TPSA) is 98.3 Å². The highest BCUT2D eigenvalue weighted by Gasteiger charge is 2.50. The molecule has 3 aromatic carbocycles. The van der Waals surface area contributed by atoms with Crippen molar-refractivity contribution in [2.75, 3.05) is 5.32 Å². The van der Waals surface area contributed by atoms with Crippen LogP contribution in [0.3, 0.4) is 0 Å². The summed E-state index contributed by atoms with van der Waals surface area (Å²) in [6.45, 7) is 0. The molecule has 1 aliphatic heterocycles. The predicted molar refractivity (Wildman–Crippen MR) is 134 cm³/mol. The smallest absolute Gasteiger partial charge is 0.282 e. The van der Waals surface area contributed by atoms with Gasteiger partial charge in [0.05, 0.1) is 26.2 Å². The fourth-order valence-corrected chi connectivity index (χ4v) is 7.24. The van der Waals surface area contributed by atoms with E-state index in [9.17, 15) is 20.2 Å². The molecule has 5 atom stereocenters. The summed E-state index contributed by atoms with van der Waals surface area (Å²) >= 11 is 14.8. The zero-order valence-electron chi connectivity index (χ0n) is 17.6. The largest absolute Gasteiger partial charge is 0.378 e. The Morgan fingerprint density at radius 2 is 1.76 bits per heavy atom. The first-order valence-corrected chi connectivity index (χ1v) is 12.4. The number of nitrogens with one attached hydrogen (secondary N) is 1. The first kappa shape index (κ1) is 23.0. The van der Waals surface area contributed by atoms with Crippen molar-refractivity contribution < 1.29 is 9.85 Å². The number of nitro benzene ring substituents is 2. The number of para-hydroxylation sites is 1. The number of halogens is 2. The van der Waals surface area contributed by atoms with Crippen molar-refractivity contribution in [2.24, 2.45) is 5.92 Å². The SMILES string of the molecule is O=[N+]([O-])c1cccc([C@@H]2Nc3ccc(Cl)cc3[C@@H]3[C@H](Cl)[C@@H](Sc4ccccc4[N+](=O)[O-])C[C@H]32)c1. The molecule has 1 heterocycles. The molecule has 0 spiro atoms. The zero-order chi connectivity index (χ0) is 24.0. The first-order valence-electron chi connectivity index (χ1n) is 10.7. The third kappa shape index (κ3) is 4.10. The average Bonchev–Trinajstić information content (AvgIpc) is 3.15. The number of nitro groups is 2. The van der Waals surface area contributed by atoms with Crippen LogP contribution in [-0.2, 0) is 0 Å². The molecule has 174 valence electrons. The molecule has 1 aliphatic carbocycles. The molecule has 34 heavy (non-hydrogen) atoms. The minimum absolute atomic E-state index is 0.0238. The van der Waals surface area contributed by atoms with Gasteiger partial charge in [-0.2, -0.15) is 0 Å². The van der Waals surface area contributed by atoms with Gasteiger partial charge in [0.15, 0.2) is 0 Å². The van der Waals surface area contributed by atoms with Gasteiger partial charge in [0.25, 0.3) is 11.4 Å². The lowest BCUT2D eigenvalue weighted by Gasteiger charge is -2.38. The Bertz CT molecular complexity index is 1290. The number of hydrogen-bond acceptors (Lipinski definition) is 6. The van der Waals surface area contributed by atoms with Crippen molar-refractivity contribution in [3.8, 4) is 0 Å². The second kappa shape index (κ2) is 9.09. The number of alkyl halides is 1. The van der Waals surface area contributed by atoms with Gasteiger partial charge in [0, 0.05) is 40.1 Å². The Morgan fingerprint density at radius 3 is 2.53 bits per heavy atom. The van der Waals surface area contributed by atoms with Crippen LogP contribution in [0.5, 0.6) is 0 Å². The number of nitrogens with zero attached hydrogens (tertiary/aromatic N) is 2. The summed E-state index contributed by atoms with van der Waals surface area (Å²) in [6.07, 6.45) is 0.682. The minimum Gasteiger partial charge on any atom is -0.378 e. The molecular formula is C24H19Cl2N3O4S.